The maximum Gasteiger partial charge on any atom is 0.269 e. The summed E-state index contributed by atoms with van der Waals surface area (Å²) in [6.45, 7) is 1.64. The summed E-state index contributed by atoms with van der Waals surface area (Å²) in [5.74, 6) is -0.301. The standard InChI is InChI=1S/C11H13N5O3S/c1-7(14-15-11(12)20)6-10(17)13-8-2-4-9(5-3-8)16(18)19/h2-5H,6H2,1H3,(H,13,17)(H3,12,15,20). The van der Waals surface area contributed by atoms with Gasteiger partial charge in [-0.3, -0.25) is 20.3 Å². The van der Waals surface area contributed by atoms with Crippen LogP contribution in [0.25, 0.3) is 0 Å². The Labute approximate surface area is 120 Å². The molecule has 0 unspecified atom stereocenters. The van der Waals surface area contributed by atoms with Crippen molar-refractivity contribution >= 4 is 40.3 Å². The van der Waals surface area contributed by atoms with Crippen molar-refractivity contribution in [2.75, 3.05) is 5.32 Å². The molecule has 0 spiro atoms. The Morgan fingerprint density at radius 1 is 1.45 bits per heavy atom. The molecule has 20 heavy (non-hydrogen) atoms. The third-order valence-electron chi connectivity index (χ3n) is 2.14. The van der Waals surface area contributed by atoms with Crippen LogP contribution in [0.1, 0.15) is 13.3 Å². The molecule has 0 aliphatic heterocycles. The lowest BCUT2D eigenvalue weighted by Gasteiger charge is -2.05. The van der Waals surface area contributed by atoms with Crippen molar-refractivity contribution in [3.05, 3.63) is 34.4 Å². The van der Waals surface area contributed by atoms with Crippen LogP contribution in [0.3, 0.4) is 0 Å². The Kier molecular flexibility index (Phi) is 5.54. The largest absolute Gasteiger partial charge is 0.375 e. The smallest absolute Gasteiger partial charge is 0.269 e. The van der Waals surface area contributed by atoms with E-state index in [1.165, 1.54) is 24.3 Å². The van der Waals surface area contributed by atoms with Gasteiger partial charge in [0.05, 0.1) is 11.3 Å². The fourth-order valence-electron chi connectivity index (χ4n) is 1.29. The molecule has 1 amide bonds. The zero-order chi connectivity index (χ0) is 15.1. The maximum atomic E-state index is 11.7. The van der Waals surface area contributed by atoms with E-state index in [2.05, 4.69) is 28.1 Å². The Morgan fingerprint density at radius 2 is 2.05 bits per heavy atom. The molecule has 8 nitrogen and oxygen atoms in total. The minimum atomic E-state index is -0.510. The molecule has 0 bridgehead atoms. The molecule has 1 aromatic carbocycles. The molecule has 0 aliphatic carbocycles. The minimum absolute atomic E-state index is 0.0140. The number of amides is 1. The Morgan fingerprint density at radius 3 is 2.55 bits per heavy atom. The monoisotopic (exact) mass is 295 g/mol. The SMILES string of the molecule is CC(CC(=O)Nc1ccc([N+](=O)[O-])cc1)=NNC(N)=S. The number of nitro groups is 1. The van der Waals surface area contributed by atoms with Gasteiger partial charge in [-0.2, -0.15) is 5.10 Å². The van der Waals surface area contributed by atoms with E-state index in [0.29, 0.717) is 11.4 Å². The number of benzene rings is 1. The molecule has 106 valence electrons. The van der Waals surface area contributed by atoms with E-state index in [-0.39, 0.29) is 23.1 Å². The van der Waals surface area contributed by atoms with Gasteiger partial charge in [-0.15, -0.1) is 0 Å². The normalized spacial score (nSPS) is 10.8. The molecule has 0 atom stereocenters. The number of nitro benzene ring substituents is 1. The van der Waals surface area contributed by atoms with Crippen molar-refractivity contribution in [2.45, 2.75) is 13.3 Å². The fourth-order valence-corrected chi connectivity index (χ4v) is 1.34. The number of hydrogen-bond donors (Lipinski definition) is 3. The third-order valence-corrected chi connectivity index (χ3v) is 2.23. The van der Waals surface area contributed by atoms with Crippen LogP contribution in [-0.4, -0.2) is 21.7 Å². The summed E-state index contributed by atoms with van der Waals surface area (Å²) in [5, 5.41) is 16.9. The molecule has 0 fully saturated rings. The van der Waals surface area contributed by atoms with Gasteiger partial charge in [0, 0.05) is 23.5 Å². The average Bonchev–Trinajstić information content (AvgIpc) is 2.36. The lowest BCUT2D eigenvalue weighted by atomic mass is 10.2. The topological polar surface area (TPSA) is 123 Å². The van der Waals surface area contributed by atoms with E-state index < -0.39 is 4.92 Å². The first-order valence-electron chi connectivity index (χ1n) is 5.51. The molecule has 9 heteroatoms. The number of carbonyl (C=O) groups excluding carboxylic acids is 1. The number of nitrogens with zero attached hydrogens (tertiary/aromatic N) is 2. The van der Waals surface area contributed by atoms with Crippen LogP contribution in [0.5, 0.6) is 0 Å². The highest BCUT2D eigenvalue weighted by Crippen LogP contribution is 2.15. The first kappa shape index (κ1) is 15.5. The summed E-state index contributed by atoms with van der Waals surface area (Å²) in [5.41, 5.74) is 8.49. The number of hydrazone groups is 1. The van der Waals surface area contributed by atoms with Crippen LogP contribution in [-0.2, 0) is 4.79 Å². The van der Waals surface area contributed by atoms with Gasteiger partial charge in [-0.05, 0) is 31.3 Å². The molecule has 1 rings (SSSR count). The van der Waals surface area contributed by atoms with E-state index in [1.807, 2.05) is 0 Å². The molecule has 1 aromatic rings. The number of thiocarbonyl (C=S) groups is 1. The summed E-state index contributed by atoms with van der Waals surface area (Å²) < 4.78 is 0. The number of hydrogen-bond acceptors (Lipinski definition) is 5. The number of anilines is 1. The fraction of sp³-hybridized carbons (Fsp3) is 0.182. The average molecular weight is 295 g/mol. The van der Waals surface area contributed by atoms with E-state index in [9.17, 15) is 14.9 Å². The predicted octanol–water partition coefficient (Wildman–Crippen LogP) is 1.13. The third kappa shape index (κ3) is 5.40. The zero-order valence-electron chi connectivity index (χ0n) is 10.6. The van der Waals surface area contributed by atoms with Gasteiger partial charge in [0.2, 0.25) is 5.91 Å². The Hall–Kier alpha value is -2.55. The van der Waals surface area contributed by atoms with Gasteiger partial charge in [0.1, 0.15) is 0 Å². The second-order valence-electron chi connectivity index (χ2n) is 3.85. The van der Waals surface area contributed by atoms with Crippen molar-refractivity contribution in [2.24, 2.45) is 10.8 Å². The van der Waals surface area contributed by atoms with E-state index >= 15 is 0 Å². The predicted molar refractivity (Wildman–Crippen MR) is 79.4 cm³/mol. The Balaban J connectivity index is 2.56. The van der Waals surface area contributed by atoms with Gasteiger partial charge in [0.15, 0.2) is 5.11 Å². The summed E-state index contributed by atoms with van der Waals surface area (Å²) in [4.78, 5) is 21.6. The highest BCUT2D eigenvalue weighted by Gasteiger charge is 2.07. The molecule has 0 saturated heterocycles. The molecule has 0 aromatic heterocycles. The van der Waals surface area contributed by atoms with E-state index in [1.54, 1.807) is 6.92 Å². The van der Waals surface area contributed by atoms with E-state index in [4.69, 9.17) is 5.73 Å². The molecule has 0 radical (unpaired) electrons. The quantitative estimate of drug-likeness (QED) is 0.324. The van der Waals surface area contributed by atoms with Crippen molar-refractivity contribution in [1.82, 2.24) is 5.43 Å². The molecule has 0 aliphatic rings. The summed E-state index contributed by atoms with van der Waals surface area (Å²) >= 11 is 4.57. The van der Waals surface area contributed by atoms with Crippen molar-refractivity contribution in [1.29, 1.82) is 0 Å². The van der Waals surface area contributed by atoms with Gasteiger partial charge >= 0.3 is 0 Å². The van der Waals surface area contributed by atoms with Gasteiger partial charge in [-0.1, -0.05) is 0 Å². The number of nitrogens with two attached hydrogens (primary N) is 1. The number of carbonyl (C=O) groups is 1. The summed E-state index contributed by atoms with van der Waals surface area (Å²) in [6, 6.07) is 5.53. The molecule has 0 saturated carbocycles. The van der Waals surface area contributed by atoms with Gasteiger partial charge < -0.3 is 11.1 Å². The highest BCUT2D eigenvalue weighted by molar-refractivity contribution is 7.80. The van der Waals surface area contributed by atoms with Crippen LogP contribution in [0, 0.1) is 10.1 Å². The summed E-state index contributed by atoms with van der Waals surface area (Å²) in [6.07, 6.45) is 0.0482. The molecule has 4 N–H and O–H groups in total. The second kappa shape index (κ2) is 7.14. The Bertz CT molecular complexity index is 556. The lowest BCUT2D eigenvalue weighted by Crippen LogP contribution is -2.26. The lowest BCUT2D eigenvalue weighted by molar-refractivity contribution is -0.384. The zero-order valence-corrected chi connectivity index (χ0v) is 11.4. The second-order valence-corrected chi connectivity index (χ2v) is 4.29. The van der Waals surface area contributed by atoms with E-state index in [0.717, 1.165) is 0 Å². The number of nitrogens with one attached hydrogen (secondary N) is 2. The first-order valence-corrected chi connectivity index (χ1v) is 5.92. The molecule has 0 heterocycles. The van der Waals surface area contributed by atoms with Gasteiger partial charge in [-0.25, -0.2) is 0 Å². The molecular weight excluding hydrogens is 282 g/mol. The van der Waals surface area contributed by atoms with Crippen molar-refractivity contribution in [3.8, 4) is 0 Å². The van der Waals surface area contributed by atoms with Crippen LogP contribution >= 0.6 is 12.2 Å². The number of non-ortho nitro benzene ring substituents is 1. The highest BCUT2D eigenvalue weighted by atomic mass is 32.1. The van der Waals surface area contributed by atoms with Crippen LogP contribution in [0.2, 0.25) is 0 Å². The van der Waals surface area contributed by atoms with Gasteiger partial charge in [0.25, 0.3) is 5.69 Å². The molecular formula is C11H13N5O3S. The maximum absolute atomic E-state index is 11.7. The van der Waals surface area contributed by atoms with Crippen LogP contribution in [0.4, 0.5) is 11.4 Å². The minimum Gasteiger partial charge on any atom is -0.375 e. The first-order chi connectivity index (χ1) is 9.38. The van der Waals surface area contributed by atoms with Crippen LogP contribution < -0.4 is 16.5 Å². The number of rotatable bonds is 5. The summed E-state index contributed by atoms with van der Waals surface area (Å²) in [7, 11) is 0. The van der Waals surface area contributed by atoms with Crippen molar-refractivity contribution in [3.63, 3.8) is 0 Å². The van der Waals surface area contributed by atoms with Crippen molar-refractivity contribution < 1.29 is 9.72 Å². The van der Waals surface area contributed by atoms with Crippen LogP contribution in [0.15, 0.2) is 29.4 Å².